The highest BCUT2D eigenvalue weighted by molar-refractivity contribution is 8.18. The van der Waals surface area contributed by atoms with Crippen LogP contribution in [0.5, 0.6) is 0 Å². The van der Waals surface area contributed by atoms with Crippen LogP contribution in [0.3, 0.4) is 0 Å². The van der Waals surface area contributed by atoms with E-state index in [1.807, 2.05) is 0 Å². The van der Waals surface area contributed by atoms with Crippen LogP contribution in [0.4, 0.5) is 4.79 Å². The minimum atomic E-state index is -0.465. The smallest absolute Gasteiger partial charge is 0.293 e. The lowest BCUT2D eigenvalue weighted by Gasteiger charge is -2.16. The van der Waals surface area contributed by atoms with Crippen LogP contribution in [0, 0.1) is 0 Å². The Hall–Kier alpha value is -2.16. The summed E-state index contributed by atoms with van der Waals surface area (Å²) >= 11 is 12.7. The minimum absolute atomic E-state index is 0.0449. The maximum atomic E-state index is 12.4. The number of ether oxygens (including phenoxy) is 2. The van der Waals surface area contributed by atoms with Crippen molar-refractivity contribution < 1.29 is 23.9 Å². The maximum absolute atomic E-state index is 12.4. The van der Waals surface area contributed by atoms with Gasteiger partial charge >= 0.3 is 0 Å². The third-order valence-electron chi connectivity index (χ3n) is 3.61. The molecule has 10 heteroatoms. The van der Waals surface area contributed by atoms with Crippen molar-refractivity contribution in [2.24, 2.45) is 0 Å². The lowest BCUT2D eigenvalue weighted by Crippen LogP contribution is -2.38. The Labute approximate surface area is 169 Å². The summed E-state index contributed by atoms with van der Waals surface area (Å²) in [6.45, 7) is 0.821. The second kappa shape index (κ2) is 8.69. The normalized spacial score (nSPS) is 18.2. The van der Waals surface area contributed by atoms with Crippen LogP contribution >= 0.6 is 35.0 Å². The van der Waals surface area contributed by atoms with Gasteiger partial charge in [-0.2, -0.15) is 0 Å². The standard InChI is InChI=1S/C17H14Cl2N2O5S/c18-11-2-1-10(7-12(11)19)8-14-16(23)21(17(24)27-14)4-3-20-15(22)13-9-25-5-6-26-13/h1-2,7-9H,3-6H2,(H,20,22)/b14-8+. The fraction of sp³-hybridized carbons (Fsp3) is 0.235. The number of nitrogens with zero attached hydrogens (tertiary/aromatic N) is 1. The molecule has 7 nitrogen and oxygen atoms in total. The van der Waals surface area contributed by atoms with Crippen molar-refractivity contribution >= 4 is 58.1 Å². The molecular weight excluding hydrogens is 415 g/mol. The highest BCUT2D eigenvalue weighted by Crippen LogP contribution is 2.33. The molecule has 2 heterocycles. The van der Waals surface area contributed by atoms with Gasteiger partial charge in [-0.05, 0) is 35.5 Å². The van der Waals surface area contributed by atoms with Crippen molar-refractivity contribution in [2.45, 2.75) is 0 Å². The monoisotopic (exact) mass is 428 g/mol. The number of hydrogen-bond acceptors (Lipinski definition) is 6. The van der Waals surface area contributed by atoms with Gasteiger partial charge in [-0.3, -0.25) is 19.3 Å². The van der Waals surface area contributed by atoms with E-state index in [0.29, 0.717) is 28.8 Å². The van der Waals surface area contributed by atoms with Crippen LogP contribution in [-0.2, 0) is 19.1 Å². The summed E-state index contributed by atoms with van der Waals surface area (Å²) in [4.78, 5) is 37.8. The van der Waals surface area contributed by atoms with Gasteiger partial charge in [-0.1, -0.05) is 29.3 Å². The van der Waals surface area contributed by atoms with E-state index in [2.05, 4.69) is 5.32 Å². The number of imide groups is 1. The number of carbonyl (C=O) groups is 3. The Morgan fingerprint density at radius 1 is 1.26 bits per heavy atom. The Bertz CT molecular complexity index is 856. The predicted molar refractivity (Wildman–Crippen MR) is 102 cm³/mol. The van der Waals surface area contributed by atoms with Gasteiger partial charge in [0.1, 0.15) is 19.5 Å². The summed E-state index contributed by atoms with van der Waals surface area (Å²) in [5, 5.41) is 2.93. The van der Waals surface area contributed by atoms with Crippen molar-refractivity contribution in [3.63, 3.8) is 0 Å². The third kappa shape index (κ3) is 4.77. The van der Waals surface area contributed by atoms with E-state index in [1.54, 1.807) is 24.3 Å². The van der Waals surface area contributed by atoms with Gasteiger partial charge in [0.15, 0.2) is 0 Å². The summed E-state index contributed by atoms with van der Waals surface area (Å²) in [6, 6.07) is 4.92. The van der Waals surface area contributed by atoms with E-state index in [-0.39, 0.29) is 23.8 Å². The lowest BCUT2D eigenvalue weighted by atomic mass is 10.2. The van der Waals surface area contributed by atoms with Crippen LogP contribution in [-0.4, -0.2) is 48.3 Å². The van der Waals surface area contributed by atoms with Gasteiger partial charge in [0.25, 0.3) is 17.1 Å². The molecule has 2 aliphatic rings. The number of amides is 3. The molecule has 0 aromatic heterocycles. The van der Waals surface area contributed by atoms with Crippen molar-refractivity contribution in [3.05, 3.63) is 50.7 Å². The van der Waals surface area contributed by atoms with Crippen LogP contribution in [0.1, 0.15) is 5.56 Å². The predicted octanol–water partition coefficient (Wildman–Crippen LogP) is 3.03. The molecule has 0 atom stereocenters. The molecule has 27 heavy (non-hydrogen) atoms. The van der Waals surface area contributed by atoms with Crippen molar-refractivity contribution in [1.82, 2.24) is 10.2 Å². The number of rotatable bonds is 5. The number of nitrogens with one attached hydrogen (secondary N) is 1. The molecular formula is C17H14Cl2N2O5S. The number of hydrogen-bond donors (Lipinski definition) is 1. The molecule has 0 saturated carbocycles. The molecule has 3 rings (SSSR count). The van der Waals surface area contributed by atoms with Crippen LogP contribution in [0.15, 0.2) is 35.1 Å². The Morgan fingerprint density at radius 2 is 2.07 bits per heavy atom. The molecule has 1 N–H and O–H groups in total. The van der Waals surface area contributed by atoms with E-state index < -0.39 is 17.1 Å². The summed E-state index contributed by atoms with van der Waals surface area (Å²) in [6.07, 6.45) is 2.81. The Balaban J connectivity index is 1.59. The average Bonchev–Trinajstić information content (AvgIpc) is 2.92. The second-order valence-corrected chi connectivity index (χ2v) is 7.27. The summed E-state index contributed by atoms with van der Waals surface area (Å²) in [7, 11) is 0. The number of benzene rings is 1. The molecule has 1 aromatic carbocycles. The quantitative estimate of drug-likeness (QED) is 0.725. The van der Waals surface area contributed by atoms with Gasteiger partial charge in [0, 0.05) is 13.1 Å². The van der Waals surface area contributed by atoms with Crippen LogP contribution in [0.25, 0.3) is 6.08 Å². The molecule has 0 unspecified atom stereocenters. The molecule has 2 aliphatic heterocycles. The number of carbonyl (C=O) groups excluding carboxylic acids is 3. The van der Waals surface area contributed by atoms with E-state index in [1.165, 1.54) is 6.26 Å². The number of halogens is 2. The first-order valence-corrected chi connectivity index (χ1v) is 9.46. The van der Waals surface area contributed by atoms with Gasteiger partial charge in [-0.25, -0.2) is 0 Å². The van der Waals surface area contributed by atoms with E-state index in [4.69, 9.17) is 32.7 Å². The molecule has 0 aliphatic carbocycles. The van der Waals surface area contributed by atoms with Gasteiger partial charge in [0.05, 0.1) is 15.0 Å². The Kier molecular flexibility index (Phi) is 6.30. The summed E-state index contributed by atoms with van der Waals surface area (Å²) in [5.41, 5.74) is 0.657. The molecule has 0 spiro atoms. The van der Waals surface area contributed by atoms with Gasteiger partial charge < -0.3 is 14.8 Å². The van der Waals surface area contributed by atoms with Crippen molar-refractivity contribution in [1.29, 1.82) is 0 Å². The van der Waals surface area contributed by atoms with Crippen molar-refractivity contribution in [3.8, 4) is 0 Å². The minimum Gasteiger partial charge on any atom is -0.494 e. The zero-order valence-corrected chi connectivity index (χ0v) is 16.2. The van der Waals surface area contributed by atoms with Gasteiger partial charge in [-0.15, -0.1) is 0 Å². The molecule has 1 aromatic rings. The van der Waals surface area contributed by atoms with E-state index in [0.717, 1.165) is 16.7 Å². The second-order valence-electron chi connectivity index (χ2n) is 5.46. The summed E-state index contributed by atoms with van der Waals surface area (Å²) in [5.74, 6) is -0.829. The topological polar surface area (TPSA) is 84.9 Å². The fourth-order valence-electron chi connectivity index (χ4n) is 2.30. The van der Waals surface area contributed by atoms with Crippen LogP contribution in [0.2, 0.25) is 10.0 Å². The molecule has 1 fully saturated rings. The first kappa shape index (κ1) is 19.6. The van der Waals surface area contributed by atoms with Gasteiger partial charge in [0.2, 0.25) is 5.76 Å². The molecule has 3 amide bonds. The highest BCUT2D eigenvalue weighted by atomic mass is 35.5. The zero-order chi connectivity index (χ0) is 19.4. The largest absolute Gasteiger partial charge is 0.494 e. The van der Waals surface area contributed by atoms with E-state index in [9.17, 15) is 14.4 Å². The average molecular weight is 429 g/mol. The molecule has 1 saturated heterocycles. The Morgan fingerprint density at radius 3 is 2.78 bits per heavy atom. The molecule has 142 valence electrons. The van der Waals surface area contributed by atoms with E-state index >= 15 is 0 Å². The third-order valence-corrected chi connectivity index (χ3v) is 5.26. The summed E-state index contributed by atoms with van der Waals surface area (Å²) < 4.78 is 10.2. The van der Waals surface area contributed by atoms with Crippen LogP contribution < -0.4 is 5.32 Å². The molecule has 0 bridgehead atoms. The first-order valence-electron chi connectivity index (χ1n) is 7.89. The highest BCUT2D eigenvalue weighted by Gasteiger charge is 2.34. The fourth-order valence-corrected chi connectivity index (χ4v) is 3.47. The number of thioether (sulfide) groups is 1. The zero-order valence-electron chi connectivity index (χ0n) is 13.9. The van der Waals surface area contributed by atoms with Crippen molar-refractivity contribution in [2.75, 3.05) is 26.3 Å². The maximum Gasteiger partial charge on any atom is 0.293 e. The molecule has 0 radical (unpaired) electrons. The lowest BCUT2D eigenvalue weighted by molar-refractivity contribution is -0.124. The first-order chi connectivity index (χ1) is 13.0. The SMILES string of the molecule is O=C(NCCN1C(=O)S/C(=C/c2ccc(Cl)c(Cl)c2)C1=O)C1=COCCO1.